The smallest absolute Gasteiger partial charge is 0.0664 e. The molecule has 1 fully saturated rings. The van der Waals surface area contributed by atoms with Crippen LogP contribution in [-0.2, 0) is 0 Å². The number of aliphatic hydroxyl groups excluding tert-OH is 1. The van der Waals surface area contributed by atoms with Crippen molar-refractivity contribution in [1.82, 2.24) is 9.80 Å². The number of β-amino-alcohol motifs (C(OH)–C–C–N with tert-alkyl or cyclic N) is 1. The molecule has 0 aromatic rings. The minimum atomic E-state index is -0.131. The van der Waals surface area contributed by atoms with Crippen molar-refractivity contribution in [1.29, 1.82) is 0 Å². The van der Waals surface area contributed by atoms with Crippen LogP contribution in [0, 0.1) is 0 Å². The maximum Gasteiger partial charge on any atom is 0.0664 e. The van der Waals surface area contributed by atoms with E-state index in [1.165, 1.54) is 0 Å². The van der Waals surface area contributed by atoms with Crippen LogP contribution in [0.15, 0.2) is 0 Å². The average molecular weight is 186 g/mol. The Morgan fingerprint density at radius 3 is 2.08 bits per heavy atom. The molecule has 0 radical (unpaired) electrons. The molecule has 1 aliphatic heterocycles. The Morgan fingerprint density at radius 2 is 1.62 bits per heavy atom. The Labute approximate surface area is 81.3 Å². The number of nitrogens with zero attached hydrogens (tertiary/aromatic N) is 2. The van der Waals surface area contributed by atoms with Gasteiger partial charge in [-0.25, -0.2) is 0 Å². The van der Waals surface area contributed by atoms with Crippen molar-refractivity contribution in [3.8, 4) is 0 Å². The highest BCUT2D eigenvalue weighted by molar-refractivity contribution is 4.72. The molecule has 0 aromatic heterocycles. The van der Waals surface area contributed by atoms with Gasteiger partial charge in [0.25, 0.3) is 0 Å². The molecule has 1 aliphatic rings. The van der Waals surface area contributed by atoms with Gasteiger partial charge in [-0.3, -0.25) is 4.90 Å². The van der Waals surface area contributed by atoms with Crippen molar-refractivity contribution in [2.24, 2.45) is 0 Å². The van der Waals surface area contributed by atoms with Crippen molar-refractivity contribution >= 4 is 0 Å². The zero-order valence-corrected chi connectivity index (χ0v) is 8.87. The third-order valence-corrected chi connectivity index (χ3v) is 2.85. The van der Waals surface area contributed by atoms with Crippen LogP contribution >= 0.6 is 0 Å². The van der Waals surface area contributed by atoms with Gasteiger partial charge >= 0.3 is 0 Å². The van der Waals surface area contributed by atoms with E-state index in [4.69, 9.17) is 0 Å². The molecule has 13 heavy (non-hydrogen) atoms. The van der Waals surface area contributed by atoms with Gasteiger partial charge < -0.3 is 10.0 Å². The van der Waals surface area contributed by atoms with Crippen LogP contribution < -0.4 is 0 Å². The summed E-state index contributed by atoms with van der Waals surface area (Å²) in [7, 11) is 0. The van der Waals surface area contributed by atoms with Gasteiger partial charge in [-0.15, -0.1) is 0 Å². The maximum absolute atomic E-state index is 9.48. The van der Waals surface area contributed by atoms with Crippen molar-refractivity contribution in [2.45, 2.75) is 26.4 Å². The first-order valence-corrected chi connectivity index (χ1v) is 5.39. The van der Waals surface area contributed by atoms with E-state index in [-0.39, 0.29) is 6.10 Å². The molecule has 3 nitrogen and oxygen atoms in total. The van der Waals surface area contributed by atoms with Crippen molar-refractivity contribution in [2.75, 3.05) is 39.3 Å². The van der Waals surface area contributed by atoms with Crippen molar-refractivity contribution in [3.05, 3.63) is 0 Å². The molecule has 0 amide bonds. The molecule has 0 bridgehead atoms. The Kier molecular flexibility index (Phi) is 4.70. The Hall–Kier alpha value is -0.120. The summed E-state index contributed by atoms with van der Waals surface area (Å²) < 4.78 is 0. The fourth-order valence-electron chi connectivity index (χ4n) is 1.72. The third kappa shape index (κ3) is 3.63. The summed E-state index contributed by atoms with van der Waals surface area (Å²) in [5.41, 5.74) is 0. The van der Waals surface area contributed by atoms with Crippen LogP contribution in [0.5, 0.6) is 0 Å². The quantitative estimate of drug-likeness (QED) is 0.688. The summed E-state index contributed by atoms with van der Waals surface area (Å²) in [6.07, 6.45) is 0.738. The van der Waals surface area contributed by atoms with Gasteiger partial charge in [0, 0.05) is 32.7 Å². The lowest BCUT2D eigenvalue weighted by Gasteiger charge is -2.34. The summed E-state index contributed by atoms with van der Waals surface area (Å²) in [6, 6.07) is 0. The van der Waals surface area contributed by atoms with E-state index in [0.29, 0.717) is 0 Å². The largest absolute Gasteiger partial charge is 0.392 e. The first-order chi connectivity index (χ1) is 6.26. The van der Waals surface area contributed by atoms with Gasteiger partial charge in [0.15, 0.2) is 0 Å². The van der Waals surface area contributed by atoms with Gasteiger partial charge in [-0.2, -0.15) is 0 Å². The molecular formula is C10H22N2O. The summed E-state index contributed by atoms with van der Waals surface area (Å²) in [5.74, 6) is 0. The Morgan fingerprint density at radius 1 is 1.08 bits per heavy atom. The lowest BCUT2D eigenvalue weighted by atomic mass is 10.2. The van der Waals surface area contributed by atoms with Crippen LogP contribution in [0.1, 0.15) is 20.3 Å². The molecule has 1 atom stereocenters. The molecule has 78 valence electrons. The van der Waals surface area contributed by atoms with E-state index in [1.807, 2.05) is 6.92 Å². The molecular weight excluding hydrogens is 164 g/mol. The van der Waals surface area contributed by atoms with Gasteiger partial charge in [0.2, 0.25) is 0 Å². The van der Waals surface area contributed by atoms with Crippen LogP contribution in [0.3, 0.4) is 0 Å². The first kappa shape index (κ1) is 11.0. The molecule has 0 saturated carbocycles. The fourth-order valence-corrected chi connectivity index (χ4v) is 1.72. The van der Waals surface area contributed by atoms with Crippen LogP contribution in [0.4, 0.5) is 0 Å². The van der Waals surface area contributed by atoms with E-state index in [9.17, 15) is 5.11 Å². The summed E-state index contributed by atoms with van der Waals surface area (Å²) in [5, 5.41) is 9.48. The second kappa shape index (κ2) is 5.58. The standard InChI is InChI=1S/C10H22N2O/c1-3-10(13)9-12-7-5-11(4-2)6-8-12/h10,13H,3-9H2,1-2H3/t10-/m0/s1. The summed E-state index contributed by atoms with van der Waals surface area (Å²) in [6.45, 7) is 10.8. The highest BCUT2D eigenvalue weighted by Gasteiger charge is 2.16. The minimum absolute atomic E-state index is 0.131. The van der Waals surface area contributed by atoms with E-state index >= 15 is 0 Å². The number of hydrogen-bond acceptors (Lipinski definition) is 3. The van der Waals surface area contributed by atoms with E-state index in [2.05, 4.69) is 16.7 Å². The number of piperazine rings is 1. The lowest BCUT2D eigenvalue weighted by Crippen LogP contribution is -2.48. The number of likely N-dealkylation sites (N-methyl/N-ethyl adjacent to an activating group) is 1. The normalized spacial score (nSPS) is 23.3. The van der Waals surface area contributed by atoms with Crippen LogP contribution in [0.2, 0.25) is 0 Å². The van der Waals surface area contributed by atoms with Gasteiger partial charge in [-0.05, 0) is 13.0 Å². The van der Waals surface area contributed by atoms with E-state index in [1.54, 1.807) is 0 Å². The molecule has 1 saturated heterocycles. The SMILES string of the molecule is CC[C@H](O)CN1CCN(CC)CC1. The zero-order valence-electron chi connectivity index (χ0n) is 8.87. The molecule has 1 heterocycles. The van der Waals surface area contributed by atoms with Gasteiger partial charge in [-0.1, -0.05) is 13.8 Å². The number of rotatable bonds is 4. The zero-order chi connectivity index (χ0) is 9.68. The monoisotopic (exact) mass is 186 g/mol. The molecule has 0 spiro atoms. The number of hydrogen-bond donors (Lipinski definition) is 1. The fraction of sp³-hybridized carbons (Fsp3) is 1.00. The number of aliphatic hydroxyl groups is 1. The Balaban J connectivity index is 2.17. The van der Waals surface area contributed by atoms with E-state index < -0.39 is 0 Å². The van der Waals surface area contributed by atoms with Gasteiger partial charge in [0.1, 0.15) is 0 Å². The molecule has 0 aromatic carbocycles. The first-order valence-electron chi connectivity index (χ1n) is 5.39. The maximum atomic E-state index is 9.48. The van der Waals surface area contributed by atoms with E-state index in [0.717, 1.165) is 45.7 Å². The minimum Gasteiger partial charge on any atom is -0.392 e. The topological polar surface area (TPSA) is 26.7 Å². The predicted molar refractivity (Wildman–Crippen MR) is 54.9 cm³/mol. The average Bonchev–Trinajstić information content (AvgIpc) is 2.19. The lowest BCUT2D eigenvalue weighted by molar-refractivity contribution is 0.0728. The molecule has 0 unspecified atom stereocenters. The molecule has 1 rings (SSSR count). The van der Waals surface area contributed by atoms with Gasteiger partial charge in [0.05, 0.1) is 6.10 Å². The Bertz CT molecular complexity index is 133. The molecule has 3 heteroatoms. The van der Waals surface area contributed by atoms with Crippen LogP contribution in [-0.4, -0.2) is 60.3 Å². The highest BCUT2D eigenvalue weighted by atomic mass is 16.3. The third-order valence-electron chi connectivity index (χ3n) is 2.85. The predicted octanol–water partition coefficient (Wildman–Crippen LogP) is 0.395. The summed E-state index contributed by atoms with van der Waals surface area (Å²) >= 11 is 0. The molecule has 1 N–H and O–H groups in total. The highest BCUT2D eigenvalue weighted by Crippen LogP contribution is 2.03. The summed E-state index contributed by atoms with van der Waals surface area (Å²) in [4.78, 5) is 4.81. The van der Waals surface area contributed by atoms with Crippen LogP contribution in [0.25, 0.3) is 0 Å². The van der Waals surface area contributed by atoms with Crippen molar-refractivity contribution in [3.63, 3.8) is 0 Å². The van der Waals surface area contributed by atoms with Crippen molar-refractivity contribution < 1.29 is 5.11 Å². The molecule has 0 aliphatic carbocycles. The second-order valence-electron chi connectivity index (χ2n) is 3.80. The second-order valence-corrected chi connectivity index (χ2v) is 3.80.